The lowest BCUT2D eigenvalue weighted by Crippen LogP contribution is -2.39. The van der Waals surface area contributed by atoms with E-state index in [0.717, 1.165) is 41.5 Å². The first-order chi connectivity index (χ1) is 14.6. The summed E-state index contributed by atoms with van der Waals surface area (Å²) in [4.78, 5) is 26.3. The summed E-state index contributed by atoms with van der Waals surface area (Å²) in [6, 6.07) is 6.49. The molecule has 3 fully saturated rings. The zero-order chi connectivity index (χ0) is 20.7. The molecule has 7 nitrogen and oxygen atoms in total. The van der Waals surface area contributed by atoms with E-state index < -0.39 is 0 Å². The molecule has 2 atom stereocenters. The molecule has 0 bridgehead atoms. The Morgan fingerprint density at radius 1 is 1.10 bits per heavy atom. The highest BCUT2D eigenvalue weighted by Gasteiger charge is 2.32. The van der Waals surface area contributed by atoms with Crippen LogP contribution < -0.4 is 15.5 Å². The summed E-state index contributed by atoms with van der Waals surface area (Å²) < 4.78 is 1.88. The molecule has 2 N–H and O–H groups in total. The number of nitrogens with zero attached hydrogens (tertiary/aromatic N) is 3. The second kappa shape index (κ2) is 8.02. The van der Waals surface area contributed by atoms with Gasteiger partial charge in [0, 0.05) is 37.6 Å². The quantitative estimate of drug-likeness (QED) is 0.758. The smallest absolute Gasteiger partial charge is 0.235 e. The third kappa shape index (κ3) is 3.71. The van der Waals surface area contributed by atoms with Crippen molar-refractivity contribution in [1.29, 1.82) is 0 Å². The van der Waals surface area contributed by atoms with Gasteiger partial charge in [0.25, 0.3) is 0 Å². The monoisotopic (exact) mass is 409 g/mol. The number of carbonyl (C=O) groups excluding carboxylic acids is 2. The number of imide groups is 1. The summed E-state index contributed by atoms with van der Waals surface area (Å²) in [5.74, 6) is 0.905. The first kappa shape index (κ1) is 19.5. The van der Waals surface area contributed by atoms with Crippen LogP contribution in [0, 0.1) is 11.8 Å². The van der Waals surface area contributed by atoms with E-state index in [1.807, 2.05) is 11.7 Å². The summed E-state index contributed by atoms with van der Waals surface area (Å²) >= 11 is 0. The summed E-state index contributed by atoms with van der Waals surface area (Å²) in [7, 11) is 1.94. The number of amides is 2. The molecule has 30 heavy (non-hydrogen) atoms. The molecular formula is C23H31N5O2. The first-order valence-electron chi connectivity index (χ1n) is 11.3. The molecule has 0 saturated carbocycles. The van der Waals surface area contributed by atoms with Gasteiger partial charge >= 0.3 is 0 Å². The normalized spacial score (nSPS) is 25.8. The summed E-state index contributed by atoms with van der Waals surface area (Å²) in [6.07, 6.45) is 6.17. The van der Waals surface area contributed by atoms with Crippen LogP contribution in [0.15, 0.2) is 18.2 Å². The van der Waals surface area contributed by atoms with E-state index in [1.165, 1.54) is 44.5 Å². The average Bonchev–Trinajstić information content (AvgIpc) is 3.33. The standard InChI is InChI=1S/C23H31N5O2/c1-27-20-13-17(28-11-8-16(14-28)12-15-6-9-24-10-7-15)2-3-18(20)22(26-27)19-4-5-21(29)25-23(19)30/h2-3,13,15-16,19,24H,4-12,14H2,1H3,(H,25,29,30). The Hall–Kier alpha value is -2.41. The predicted octanol–water partition coefficient (Wildman–Crippen LogP) is 2.31. The largest absolute Gasteiger partial charge is 0.371 e. The number of anilines is 1. The summed E-state index contributed by atoms with van der Waals surface area (Å²) in [5.41, 5.74) is 3.08. The van der Waals surface area contributed by atoms with Crippen molar-refractivity contribution in [3.05, 3.63) is 23.9 Å². The molecule has 2 aromatic rings. The van der Waals surface area contributed by atoms with Gasteiger partial charge in [0.05, 0.1) is 17.1 Å². The molecule has 2 amide bonds. The average molecular weight is 410 g/mol. The Morgan fingerprint density at radius 3 is 2.73 bits per heavy atom. The number of rotatable bonds is 4. The van der Waals surface area contributed by atoms with Crippen LogP contribution in [0.1, 0.15) is 50.1 Å². The van der Waals surface area contributed by atoms with Crippen LogP contribution >= 0.6 is 0 Å². The fourth-order valence-corrected chi connectivity index (χ4v) is 5.53. The van der Waals surface area contributed by atoms with E-state index in [1.54, 1.807) is 0 Å². The maximum absolute atomic E-state index is 12.3. The van der Waals surface area contributed by atoms with E-state index >= 15 is 0 Å². The van der Waals surface area contributed by atoms with Crippen LogP contribution in [0.2, 0.25) is 0 Å². The van der Waals surface area contributed by atoms with Gasteiger partial charge in [-0.15, -0.1) is 0 Å². The van der Waals surface area contributed by atoms with Gasteiger partial charge in [0.2, 0.25) is 11.8 Å². The Balaban J connectivity index is 1.32. The Bertz CT molecular complexity index is 962. The van der Waals surface area contributed by atoms with E-state index in [-0.39, 0.29) is 17.7 Å². The van der Waals surface area contributed by atoms with Gasteiger partial charge in [-0.05, 0) is 75.2 Å². The van der Waals surface area contributed by atoms with Gasteiger partial charge in [0.1, 0.15) is 0 Å². The Morgan fingerprint density at radius 2 is 1.93 bits per heavy atom. The van der Waals surface area contributed by atoms with Gasteiger partial charge < -0.3 is 10.2 Å². The predicted molar refractivity (Wildman–Crippen MR) is 116 cm³/mol. The molecular weight excluding hydrogens is 378 g/mol. The Kier molecular flexibility index (Phi) is 5.23. The highest BCUT2D eigenvalue weighted by atomic mass is 16.2. The molecule has 1 aromatic carbocycles. The van der Waals surface area contributed by atoms with E-state index in [0.29, 0.717) is 12.8 Å². The number of nitrogens with one attached hydrogen (secondary N) is 2. The van der Waals surface area contributed by atoms with Crippen molar-refractivity contribution < 1.29 is 9.59 Å². The topological polar surface area (TPSA) is 79.3 Å². The lowest BCUT2D eigenvalue weighted by atomic mass is 9.87. The number of benzene rings is 1. The minimum absolute atomic E-state index is 0.188. The third-order valence-electron chi connectivity index (χ3n) is 7.21. The third-order valence-corrected chi connectivity index (χ3v) is 7.21. The van der Waals surface area contributed by atoms with Crippen molar-refractivity contribution in [3.8, 4) is 0 Å². The van der Waals surface area contributed by atoms with Crippen molar-refractivity contribution in [2.45, 2.75) is 44.4 Å². The van der Waals surface area contributed by atoms with Crippen molar-refractivity contribution in [3.63, 3.8) is 0 Å². The highest BCUT2D eigenvalue weighted by molar-refractivity contribution is 6.02. The van der Waals surface area contributed by atoms with Gasteiger partial charge in [-0.25, -0.2) is 0 Å². The zero-order valence-corrected chi connectivity index (χ0v) is 17.7. The minimum Gasteiger partial charge on any atom is -0.371 e. The second-order valence-electron chi connectivity index (χ2n) is 9.24. The molecule has 0 spiro atoms. The zero-order valence-electron chi connectivity index (χ0n) is 17.7. The van der Waals surface area contributed by atoms with Crippen molar-refractivity contribution in [2.24, 2.45) is 18.9 Å². The lowest BCUT2D eigenvalue weighted by molar-refractivity contribution is -0.134. The molecule has 0 radical (unpaired) electrons. The lowest BCUT2D eigenvalue weighted by Gasteiger charge is -2.25. The molecule has 4 heterocycles. The van der Waals surface area contributed by atoms with E-state index in [2.05, 4.69) is 38.8 Å². The maximum atomic E-state index is 12.3. The molecule has 7 heteroatoms. The molecule has 0 aliphatic carbocycles. The van der Waals surface area contributed by atoms with Crippen molar-refractivity contribution >= 4 is 28.4 Å². The number of piperidine rings is 2. The van der Waals surface area contributed by atoms with Gasteiger partial charge in [-0.3, -0.25) is 19.6 Å². The number of hydrogen-bond donors (Lipinski definition) is 2. The van der Waals surface area contributed by atoms with Crippen LogP contribution in [-0.4, -0.2) is 47.8 Å². The number of hydrogen-bond acceptors (Lipinski definition) is 5. The Labute approximate surface area is 177 Å². The van der Waals surface area contributed by atoms with Crippen LogP contribution in [-0.2, 0) is 16.6 Å². The molecule has 2 unspecified atom stereocenters. The molecule has 160 valence electrons. The summed E-state index contributed by atoms with van der Waals surface area (Å²) in [6.45, 7) is 4.59. The van der Waals surface area contributed by atoms with Crippen LogP contribution in [0.4, 0.5) is 5.69 Å². The van der Waals surface area contributed by atoms with E-state index in [9.17, 15) is 9.59 Å². The fraction of sp³-hybridized carbons (Fsp3) is 0.609. The van der Waals surface area contributed by atoms with Gasteiger partial charge in [-0.1, -0.05) is 0 Å². The molecule has 3 aliphatic heterocycles. The van der Waals surface area contributed by atoms with Gasteiger partial charge in [0.15, 0.2) is 0 Å². The highest BCUT2D eigenvalue weighted by Crippen LogP contribution is 2.35. The molecule has 3 aliphatic rings. The number of aryl methyl sites for hydroxylation is 1. The molecule has 5 rings (SSSR count). The SMILES string of the molecule is Cn1nc(C2CCC(=O)NC2=O)c2ccc(N3CCC(CC4CCNCC4)C3)cc21. The number of aromatic nitrogens is 2. The van der Waals surface area contributed by atoms with Crippen LogP contribution in [0.5, 0.6) is 0 Å². The van der Waals surface area contributed by atoms with Crippen LogP contribution in [0.25, 0.3) is 10.9 Å². The van der Waals surface area contributed by atoms with Gasteiger partial charge in [-0.2, -0.15) is 5.10 Å². The van der Waals surface area contributed by atoms with E-state index in [4.69, 9.17) is 0 Å². The first-order valence-corrected chi connectivity index (χ1v) is 11.3. The second-order valence-corrected chi connectivity index (χ2v) is 9.24. The van der Waals surface area contributed by atoms with Crippen LogP contribution in [0.3, 0.4) is 0 Å². The fourth-order valence-electron chi connectivity index (χ4n) is 5.53. The minimum atomic E-state index is -0.349. The maximum Gasteiger partial charge on any atom is 0.235 e. The van der Waals surface area contributed by atoms with Crippen molar-refractivity contribution in [2.75, 3.05) is 31.1 Å². The number of fused-ring (bicyclic) bond motifs is 1. The van der Waals surface area contributed by atoms with Crippen molar-refractivity contribution in [1.82, 2.24) is 20.4 Å². The molecule has 1 aromatic heterocycles. The summed E-state index contributed by atoms with van der Waals surface area (Å²) in [5, 5.41) is 11.6. The molecule has 3 saturated heterocycles. The number of carbonyl (C=O) groups is 2.